The summed E-state index contributed by atoms with van der Waals surface area (Å²) in [5, 5.41) is 3.66. The van der Waals surface area contributed by atoms with Gasteiger partial charge in [-0.3, -0.25) is 0 Å². The predicted molar refractivity (Wildman–Crippen MR) is 65.9 cm³/mol. The molecule has 0 radical (unpaired) electrons. The van der Waals surface area contributed by atoms with E-state index in [1.165, 1.54) is 32.2 Å². The molecule has 2 rings (SSSR count). The van der Waals surface area contributed by atoms with Crippen molar-refractivity contribution in [2.75, 3.05) is 6.54 Å². The van der Waals surface area contributed by atoms with E-state index in [2.05, 4.69) is 39.9 Å². The van der Waals surface area contributed by atoms with Gasteiger partial charge in [0.2, 0.25) is 0 Å². The highest BCUT2D eigenvalue weighted by atomic mass is 15.0. The Morgan fingerprint density at radius 3 is 2.33 bits per heavy atom. The van der Waals surface area contributed by atoms with E-state index in [0.717, 1.165) is 11.3 Å². The first-order valence-corrected chi connectivity index (χ1v) is 6.48. The normalized spacial score (nSPS) is 38.6. The molecule has 2 saturated carbocycles. The zero-order valence-electron chi connectivity index (χ0n) is 11.1. The summed E-state index contributed by atoms with van der Waals surface area (Å²) < 4.78 is 0. The third kappa shape index (κ3) is 2.55. The van der Waals surface area contributed by atoms with Crippen LogP contribution in [0.3, 0.4) is 0 Å². The van der Waals surface area contributed by atoms with Crippen molar-refractivity contribution in [1.82, 2.24) is 5.32 Å². The van der Waals surface area contributed by atoms with E-state index in [1.54, 1.807) is 0 Å². The van der Waals surface area contributed by atoms with Gasteiger partial charge in [0.1, 0.15) is 0 Å². The summed E-state index contributed by atoms with van der Waals surface area (Å²) in [7, 11) is 0. The van der Waals surface area contributed by atoms with Crippen molar-refractivity contribution < 1.29 is 0 Å². The molecule has 2 atom stereocenters. The monoisotopic (exact) mass is 209 g/mol. The molecule has 0 aromatic carbocycles. The molecule has 2 unspecified atom stereocenters. The Kier molecular flexibility index (Phi) is 2.46. The molecule has 0 amide bonds. The quantitative estimate of drug-likeness (QED) is 0.733. The second kappa shape index (κ2) is 3.23. The van der Waals surface area contributed by atoms with E-state index in [-0.39, 0.29) is 5.54 Å². The summed E-state index contributed by atoms with van der Waals surface area (Å²) in [6.07, 6.45) is 5.88. The third-order valence-electron chi connectivity index (χ3n) is 4.37. The SMILES string of the molecule is CC1(C)CCC2(CC2CNC(C)(C)C)C1. The van der Waals surface area contributed by atoms with Crippen molar-refractivity contribution in [2.24, 2.45) is 16.7 Å². The first kappa shape index (κ1) is 11.4. The maximum Gasteiger partial charge on any atom is 0.00966 e. The lowest BCUT2D eigenvalue weighted by Gasteiger charge is -2.22. The van der Waals surface area contributed by atoms with Crippen LogP contribution in [-0.2, 0) is 0 Å². The summed E-state index contributed by atoms with van der Waals surface area (Å²) in [4.78, 5) is 0. The average Bonchev–Trinajstić information content (AvgIpc) is 2.60. The molecule has 1 nitrogen and oxygen atoms in total. The van der Waals surface area contributed by atoms with E-state index in [4.69, 9.17) is 0 Å². The van der Waals surface area contributed by atoms with E-state index in [9.17, 15) is 0 Å². The van der Waals surface area contributed by atoms with Gasteiger partial charge >= 0.3 is 0 Å². The van der Waals surface area contributed by atoms with Crippen molar-refractivity contribution in [2.45, 2.75) is 65.8 Å². The molecule has 0 heterocycles. The van der Waals surface area contributed by atoms with E-state index in [0.29, 0.717) is 5.41 Å². The van der Waals surface area contributed by atoms with E-state index >= 15 is 0 Å². The minimum atomic E-state index is 0.290. The van der Waals surface area contributed by atoms with Crippen LogP contribution in [0.1, 0.15) is 60.3 Å². The van der Waals surface area contributed by atoms with Crippen LogP contribution in [0.15, 0.2) is 0 Å². The fourth-order valence-corrected chi connectivity index (χ4v) is 3.39. The van der Waals surface area contributed by atoms with Gasteiger partial charge < -0.3 is 5.32 Å². The highest BCUT2D eigenvalue weighted by Crippen LogP contribution is 2.67. The van der Waals surface area contributed by atoms with Gasteiger partial charge in [0.25, 0.3) is 0 Å². The fraction of sp³-hybridized carbons (Fsp3) is 1.00. The fourth-order valence-electron chi connectivity index (χ4n) is 3.39. The lowest BCUT2D eigenvalue weighted by molar-refractivity contribution is 0.330. The highest BCUT2D eigenvalue weighted by Gasteiger charge is 2.58. The Morgan fingerprint density at radius 1 is 1.20 bits per heavy atom. The minimum Gasteiger partial charge on any atom is -0.312 e. The van der Waals surface area contributed by atoms with E-state index < -0.39 is 0 Å². The summed E-state index contributed by atoms with van der Waals surface area (Å²) in [6, 6.07) is 0. The Bertz CT molecular complexity index is 249. The molecule has 0 aromatic heterocycles. The van der Waals surface area contributed by atoms with Crippen molar-refractivity contribution >= 4 is 0 Å². The molecule has 2 fully saturated rings. The molecule has 0 aromatic rings. The second-order valence-electron chi connectivity index (χ2n) is 7.74. The van der Waals surface area contributed by atoms with Crippen LogP contribution in [0.25, 0.3) is 0 Å². The van der Waals surface area contributed by atoms with Crippen LogP contribution < -0.4 is 5.32 Å². The number of hydrogen-bond donors (Lipinski definition) is 1. The predicted octanol–water partition coefficient (Wildman–Crippen LogP) is 3.59. The standard InChI is InChI=1S/C14H27N/c1-12(2,3)15-9-11-8-14(11)7-6-13(4,5)10-14/h11,15H,6-10H2,1-5H3. The molecule has 0 bridgehead atoms. The van der Waals surface area contributed by atoms with Gasteiger partial charge in [-0.15, -0.1) is 0 Å². The average molecular weight is 209 g/mol. The summed E-state index contributed by atoms with van der Waals surface area (Å²) >= 11 is 0. The first-order chi connectivity index (χ1) is 6.73. The van der Waals surface area contributed by atoms with Crippen molar-refractivity contribution in [3.05, 3.63) is 0 Å². The lowest BCUT2D eigenvalue weighted by Crippen LogP contribution is -2.37. The van der Waals surface area contributed by atoms with Crippen molar-refractivity contribution in [1.29, 1.82) is 0 Å². The van der Waals surface area contributed by atoms with Crippen LogP contribution in [-0.4, -0.2) is 12.1 Å². The largest absolute Gasteiger partial charge is 0.312 e. The smallest absolute Gasteiger partial charge is 0.00966 e. The molecular weight excluding hydrogens is 182 g/mol. The highest BCUT2D eigenvalue weighted by molar-refractivity contribution is 5.09. The molecule has 2 aliphatic rings. The van der Waals surface area contributed by atoms with Crippen LogP contribution in [0.2, 0.25) is 0 Å². The van der Waals surface area contributed by atoms with Gasteiger partial charge in [-0.05, 0) is 69.7 Å². The van der Waals surface area contributed by atoms with Crippen LogP contribution in [0.5, 0.6) is 0 Å². The van der Waals surface area contributed by atoms with Gasteiger partial charge in [-0.2, -0.15) is 0 Å². The van der Waals surface area contributed by atoms with Crippen LogP contribution >= 0.6 is 0 Å². The molecule has 2 aliphatic carbocycles. The molecule has 1 heteroatoms. The molecular formula is C14H27N. The summed E-state index contributed by atoms with van der Waals surface area (Å²) in [5.74, 6) is 0.971. The zero-order chi connectivity index (χ0) is 11.3. The second-order valence-corrected chi connectivity index (χ2v) is 7.74. The third-order valence-corrected chi connectivity index (χ3v) is 4.37. The number of hydrogen-bond acceptors (Lipinski definition) is 1. The van der Waals surface area contributed by atoms with Gasteiger partial charge in [0, 0.05) is 5.54 Å². The van der Waals surface area contributed by atoms with Crippen LogP contribution in [0.4, 0.5) is 0 Å². The van der Waals surface area contributed by atoms with Gasteiger partial charge in [-0.1, -0.05) is 13.8 Å². The summed E-state index contributed by atoms with van der Waals surface area (Å²) in [5.41, 5.74) is 1.66. The summed E-state index contributed by atoms with van der Waals surface area (Å²) in [6.45, 7) is 12.9. The first-order valence-electron chi connectivity index (χ1n) is 6.48. The van der Waals surface area contributed by atoms with Gasteiger partial charge in [-0.25, -0.2) is 0 Å². The maximum atomic E-state index is 3.66. The number of rotatable bonds is 2. The minimum absolute atomic E-state index is 0.290. The van der Waals surface area contributed by atoms with Gasteiger partial charge in [0.15, 0.2) is 0 Å². The Balaban J connectivity index is 1.81. The molecule has 0 saturated heterocycles. The lowest BCUT2D eigenvalue weighted by atomic mass is 9.89. The van der Waals surface area contributed by atoms with Crippen LogP contribution in [0, 0.1) is 16.7 Å². The molecule has 15 heavy (non-hydrogen) atoms. The molecule has 0 aliphatic heterocycles. The topological polar surface area (TPSA) is 12.0 Å². The van der Waals surface area contributed by atoms with Crippen molar-refractivity contribution in [3.63, 3.8) is 0 Å². The maximum absolute atomic E-state index is 3.66. The number of nitrogens with one attached hydrogen (secondary N) is 1. The Labute approximate surface area is 95.0 Å². The molecule has 1 N–H and O–H groups in total. The van der Waals surface area contributed by atoms with Gasteiger partial charge in [0.05, 0.1) is 0 Å². The zero-order valence-corrected chi connectivity index (χ0v) is 11.1. The Morgan fingerprint density at radius 2 is 1.87 bits per heavy atom. The Hall–Kier alpha value is -0.0400. The van der Waals surface area contributed by atoms with Crippen molar-refractivity contribution in [3.8, 4) is 0 Å². The molecule has 1 spiro atoms. The molecule has 88 valence electrons. The van der Waals surface area contributed by atoms with E-state index in [1.807, 2.05) is 0 Å².